The van der Waals surface area contributed by atoms with Crippen molar-refractivity contribution in [1.82, 2.24) is 5.32 Å². The van der Waals surface area contributed by atoms with Gasteiger partial charge >= 0.3 is 0 Å². The van der Waals surface area contributed by atoms with Crippen molar-refractivity contribution < 1.29 is 0 Å². The maximum Gasteiger partial charge on any atom is 0.0409 e. The molecule has 76 valence electrons. The fraction of sp³-hybridized carbons (Fsp3) is 0.500. The molecular weight excluding hydrogens is 172 g/mol. The Labute approximate surface area is 85.9 Å². The molecule has 0 amide bonds. The number of nitrogens with zero attached hydrogens (tertiary/aromatic N) is 1. The summed E-state index contributed by atoms with van der Waals surface area (Å²) >= 11 is 0. The number of benzene rings is 1. The highest BCUT2D eigenvalue weighted by Gasteiger charge is 2.16. The number of hydrogen-bond acceptors (Lipinski definition) is 2. The number of fused-ring (bicyclic) bond motifs is 1. The van der Waals surface area contributed by atoms with Crippen molar-refractivity contribution in [3.63, 3.8) is 0 Å². The van der Waals surface area contributed by atoms with Gasteiger partial charge in [0.25, 0.3) is 0 Å². The molecule has 14 heavy (non-hydrogen) atoms. The molecular formula is C12H18N2. The molecule has 2 rings (SSSR count). The van der Waals surface area contributed by atoms with Crippen LogP contribution in [0.4, 0.5) is 5.69 Å². The number of nitrogens with one attached hydrogen (secondary N) is 1. The smallest absolute Gasteiger partial charge is 0.0409 e. The van der Waals surface area contributed by atoms with Crippen LogP contribution in [-0.2, 0) is 6.54 Å². The molecule has 1 heterocycles. The third kappa shape index (κ3) is 1.75. The zero-order valence-electron chi connectivity index (χ0n) is 8.96. The van der Waals surface area contributed by atoms with Crippen LogP contribution in [0, 0.1) is 0 Å². The molecule has 0 saturated carbocycles. The van der Waals surface area contributed by atoms with Crippen molar-refractivity contribution in [1.29, 1.82) is 0 Å². The Hall–Kier alpha value is -1.02. The number of rotatable bonds is 1. The van der Waals surface area contributed by atoms with E-state index in [1.807, 2.05) is 0 Å². The summed E-state index contributed by atoms with van der Waals surface area (Å²) in [5, 5.41) is 3.58. The summed E-state index contributed by atoms with van der Waals surface area (Å²) in [6.07, 6.45) is 1.19. The lowest BCUT2D eigenvalue weighted by molar-refractivity contribution is 0.510. The minimum Gasteiger partial charge on any atom is -0.373 e. The maximum absolute atomic E-state index is 3.58. The van der Waals surface area contributed by atoms with Gasteiger partial charge in [0.1, 0.15) is 0 Å². The van der Waals surface area contributed by atoms with Gasteiger partial charge in [0.15, 0.2) is 0 Å². The minimum absolute atomic E-state index is 0.618. The molecule has 0 spiro atoms. The highest BCUT2D eigenvalue weighted by molar-refractivity contribution is 5.53. The van der Waals surface area contributed by atoms with Crippen LogP contribution < -0.4 is 10.2 Å². The lowest BCUT2D eigenvalue weighted by atomic mass is 10.2. The van der Waals surface area contributed by atoms with Gasteiger partial charge in [-0.15, -0.1) is 0 Å². The standard InChI is InChI=1S/C12H18N2/c1-3-11-9-14(2)12-7-5-4-6-10(12)8-13-11/h4-7,11,13H,3,8-9H2,1-2H3/t11-/m0/s1. The fourth-order valence-corrected chi connectivity index (χ4v) is 2.05. The predicted octanol–water partition coefficient (Wildman–Crippen LogP) is 2.00. The number of anilines is 1. The molecule has 1 atom stereocenters. The largest absolute Gasteiger partial charge is 0.373 e. The SMILES string of the molecule is CC[C@H]1CN(C)c2ccccc2CN1. The van der Waals surface area contributed by atoms with Gasteiger partial charge in [-0.05, 0) is 18.1 Å². The average Bonchev–Trinajstić information content (AvgIpc) is 2.39. The fourth-order valence-electron chi connectivity index (χ4n) is 2.05. The van der Waals surface area contributed by atoms with Crippen LogP contribution in [0.2, 0.25) is 0 Å². The summed E-state index contributed by atoms with van der Waals surface area (Å²) in [6.45, 7) is 4.34. The second-order valence-corrected chi connectivity index (χ2v) is 4.00. The van der Waals surface area contributed by atoms with Gasteiger partial charge in [-0.2, -0.15) is 0 Å². The zero-order chi connectivity index (χ0) is 9.97. The highest BCUT2D eigenvalue weighted by Crippen LogP contribution is 2.22. The third-order valence-corrected chi connectivity index (χ3v) is 2.97. The third-order valence-electron chi connectivity index (χ3n) is 2.97. The van der Waals surface area contributed by atoms with E-state index in [0.717, 1.165) is 13.1 Å². The Bertz CT molecular complexity index is 309. The molecule has 1 aliphatic rings. The van der Waals surface area contributed by atoms with E-state index in [9.17, 15) is 0 Å². The molecule has 0 fully saturated rings. The van der Waals surface area contributed by atoms with E-state index in [2.05, 4.69) is 48.5 Å². The molecule has 0 bridgehead atoms. The molecule has 2 nitrogen and oxygen atoms in total. The van der Waals surface area contributed by atoms with Crippen LogP contribution in [0.5, 0.6) is 0 Å². The Kier molecular flexibility index (Phi) is 2.73. The van der Waals surface area contributed by atoms with Gasteiger partial charge in [0, 0.05) is 31.9 Å². The minimum atomic E-state index is 0.618. The van der Waals surface area contributed by atoms with Gasteiger partial charge in [-0.3, -0.25) is 0 Å². The molecule has 1 aromatic carbocycles. The van der Waals surface area contributed by atoms with E-state index in [-0.39, 0.29) is 0 Å². The molecule has 1 aromatic rings. The Morgan fingerprint density at radius 1 is 1.43 bits per heavy atom. The Morgan fingerprint density at radius 3 is 3.00 bits per heavy atom. The molecule has 0 aromatic heterocycles. The summed E-state index contributed by atoms with van der Waals surface area (Å²) in [5.74, 6) is 0. The molecule has 2 heteroatoms. The van der Waals surface area contributed by atoms with Crippen molar-refractivity contribution in [2.24, 2.45) is 0 Å². The monoisotopic (exact) mass is 190 g/mol. The zero-order valence-corrected chi connectivity index (χ0v) is 8.96. The van der Waals surface area contributed by atoms with Crippen LogP contribution in [0.3, 0.4) is 0 Å². The summed E-state index contributed by atoms with van der Waals surface area (Å²) in [7, 11) is 2.18. The molecule has 0 saturated heterocycles. The quantitative estimate of drug-likeness (QED) is 0.728. The molecule has 0 aliphatic carbocycles. The van der Waals surface area contributed by atoms with Gasteiger partial charge in [-0.1, -0.05) is 25.1 Å². The summed E-state index contributed by atoms with van der Waals surface area (Å²) in [5.41, 5.74) is 2.78. The maximum atomic E-state index is 3.58. The van der Waals surface area contributed by atoms with Crippen molar-refractivity contribution >= 4 is 5.69 Å². The van der Waals surface area contributed by atoms with Crippen LogP contribution in [0.15, 0.2) is 24.3 Å². The average molecular weight is 190 g/mol. The van der Waals surface area contributed by atoms with E-state index in [1.54, 1.807) is 0 Å². The first-order chi connectivity index (χ1) is 6.81. The van der Waals surface area contributed by atoms with Gasteiger partial charge in [0.05, 0.1) is 0 Å². The summed E-state index contributed by atoms with van der Waals surface area (Å²) in [4.78, 5) is 2.35. The first kappa shape index (κ1) is 9.53. The van der Waals surface area contributed by atoms with E-state index < -0.39 is 0 Å². The van der Waals surface area contributed by atoms with E-state index in [0.29, 0.717) is 6.04 Å². The normalized spacial score (nSPS) is 21.6. The van der Waals surface area contributed by atoms with Gasteiger partial charge in [0.2, 0.25) is 0 Å². The Morgan fingerprint density at radius 2 is 2.21 bits per heavy atom. The summed E-state index contributed by atoms with van der Waals surface area (Å²) < 4.78 is 0. The predicted molar refractivity (Wildman–Crippen MR) is 60.6 cm³/mol. The lowest BCUT2D eigenvalue weighted by Crippen LogP contribution is -2.35. The second-order valence-electron chi connectivity index (χ2n) is 4.00. The van der Waals surface area contributed by atoms with Crippen molar-refractivity contribution in [2.75, 3.05) is 18.5 Å². The molecule has 0 unspecified atom stereocenters. The molecule has 1 aliphatic heterocycles. The molecule has 1 N–H and O–H groups in total. The first-order valence-corrected chi connectivity index (χ1v) is 5.33. The number of likely N-dealkylation sites (N-methyl/N-ethyl adjacent to an activating group) is 1. The molecule has 0 radical (unpaired) electrons. The summed E-state index contributed by atoms with van der Waals surface area (Å²) in [6, 6.07) is 9.25. The second kappa shape index (κ2) is 4.01. The van der Waals surface area contributed by atoms with Crippen LogP contribution in [0.25, 0.3) is 0 Å². The van der Waals surface area contributed by atoms with Crippen molar-refractivity contribution in [2.45, 2.75) is 25.9 Å². The number of hydrogen-bond donors (Lipinski definition) is 1. The van der Waals surface area contributed by atoms with Crippen LogP contribution in [-0.4, -0.2) is 19.6 Å². The van der Waals surface area contributed by atoms with Gasteiger partial charge in [-0.25, -0.2) is 0 Å². The number of para-hydroxylation sites is 1. The van der Waals surface area contributed by atoms with E-state index in [1.165, 1.54) is 17.7 Å². The van der Waals surface area contributed by atoms with Crippen molar-refractivity contribution in [3.05, 3.63) is 29.8 Å². The van der Waals surface area contributed by atoms with Gasteiger partial charge < -0.3 is 10.2 Å². The van der Waals surface area contributed by atoms with E-state index in [4.69, 9.17) is 0 Å². The highest BCUT2D eigenvalue weighted by atomic mass is 15.1. The Balaban J connectivity index is 2.26. The first-order valence-electron chi connectivity index (χ1n) is 5.33. The topological polar surface area (TPSA) is 15.3 Å². The van der Waals surface area contributed by atoms with Crippen LogP contribution in [0.1, 0.15) is 18.9 Å². The lowest BCUT2D eigenvalue weighted by Gasteiger charge is -2.22. The van der Waals surface area contributed by atoms with Crippen LogP contribution >= 0.6 is 0 Å². The van der Waals surface area contributed by atoms with Crippen molar-refractivity contribution in [3.8, 4) is 0 Å². The van der Waals surface area contributed by atoms with E-state index >= 15 is 0 Å².